The van der Waals surface area contributed by atoms with E-state index < -0.39 is 0 Å². The lowest BCUT2D eigenvalue weighted by Gasteiger charge is -2.08. The smallest absolute Gasteiger partial charge is 0.337 e. The lowest BCUT2D eigenvalue weighted by molar-refractivity contribution is -0.146. The van der Waals surface area contributed by atoms with Crippen LogP contribution >= 0.6 is 0 Å². The third-order valence-corrected chi connectivity index (χ3v) is 5.67. The molecule has 0 amide bonds. The molecule has 35 heavy (non-hydrogen) atoms. The van der Waals surface area contributed by atoms with Crippen molar-refractivity contribution >= 4 is 11.9 Å². The molecule has 0 aliphatic carbocycles. The Morgan fingerprint density at radius 2 is 1.31 bits per heavy atom. The normalized spacial score (nSPS) is 18.1. The summed E-state index contributed by atoms with van der Waals surface area (Å²) < 4.78 is 25.8. The maximum Gasteiger partial charge on any atom is 0.337 e. The molecule has 0 N–H and O–H groups in total. The highest BCUT2D eigenvalue weighted by Gasteiger charge is 2.33. The fraction of sp³-hybridized carbons (Fsp3) is 0.538. The van der Waals surface area contributed by atoms with Gasteiger partial charge in [-0.05, 0) is 74.8 Å². The predicted octanol–water partition coefficient (Wildman–Crippen LogP) is 3.29. The Morgan fingerprint density at radius 3 is 1.89 bits per heavy atom. The van der Waals surface area contributed by atoms with Gasteiger partial charge in [-0.3, -0.25) is 0 Å². The first-order valence-electron chi connectivity index (χ1n) is 12.3. The first-order valence-corrected chi connectivity index (χ1v) is 12.3. The maximum atomic E-state index is 11.4. The second-order valence-corrected chi connectivity index (χ2v) is 8.64. The van der Waals surface area contributed by atoms with Crippen LogP contribution in [-0.4, -0.2) is 67.1 Å². The average Bonchev–Trinajstić information content (AvgIpc) is 3.79. The second-order valence-electron chi connectivity index (χ2n) is 8.64. The minimum Gasteiger partial charge on any atom is -0.494 e. The molecule has 2 aromatic rings. The van der Waals surface area contributed by atoms with Crippen LogP contribution in [0.3, 0.4) is 0 Å². The van der Waals surface area contributed by atoms with Crippen molar-refractivity contribution in [2.24, 2.45) is 0 Å². The molecule has 2 aliphatic rings. The predicted molar refractivity (Wildman–Crippen MR) is 126 cm³/mol. The molecule has 4 rings (SSSR count). The highest BCUT2D eigenvalue weighted by molar-refractivity contribution is 5.77. The molecule has 0 spiro atoms. The highest BCUT2D eigenvalue weighted by Crippen LogP contribution is 2.20. The number of carbonyl (C=O) groups excluding carboxylic acids is 2. The molecule has 9 nitrogen and oxygen atoms in total. The van der Waals surface area contributed by atoms with Crippen LogP contribution < -0.4 is 4.74 Å². The molecular formula is C26H32N2O7. The summed E-state index contributed by atoms with van der Waals surface area (Å²) in [5, 5.41) is 0. The number of aromatic nitrogens is 2. The summed E-state index contributed by atoms with van der Waals surface area (Å²) in [5.41, 5.74) is 2.03. The Hall–Kier alpha value is -3.04. The molecule has 0 radical (unpaired) electrons. The first-order chi connectivity index (χ1) is 17.2. The summed E-state index contributed by atoms with van der Waals surface area (Å²) in [7, 11) is 0. The summed E-state index contributed by atoms with van der Waals surface area (Å²) in [4.78, 5) is 31.7. The van der Waals surface area contributed by atoms with E-state index in [1.165, 1.54) is 0 Å². The van der Waals surface area contributed by atoms with Crippen molar-refractivity contribution in [1.29, 1.82) is 0 Å². The first kappa shape index (κ1) is 25.1. The quantitative estimate of drug-likeness (QED) is 0.201. The van der Waals surface area contributed by atoms with E-state index in [4.69, 9.17) is 23.7 Å². The van der Waals surface area contributed by atoms with Crippen molar-refractivity contribution < 1.29 is 33.3 Å². The molecule has 1 aromatic heterocycles. The highest BCUT2D eigenvalue weighted by atomic mass is 16.6. The van der Waals surface area contributed by atoms with Gasteiger partial charge in [0, 0.05) is 18.0 Å². The minimum absolute atomic E-state index is 0.245. The van der Waals surface area contributed by atoms with Crippen molar-refractivity contribution in [3.8, 4) is 17.1 Å². The van der Waals surface area contributed by atoms with Gasteiger partial charge in [0.25, 0.3) is 0 Å². The van der Waals surface area contributed by atoms with Crippen molar-refractivity contribution in [3.63, 3.8) is 0 Å². The number of esters is 2. The Kier molecular flexibility index (Phi) is 9.42. The number of benzene rings is 1. The number of hydrogen-bond donors (Lipinski definition) is 0. The van der Waals surface area contributed by atoms with E-state index in [-0.39, 0.29) is 24.1 Å². The molecule has 1 aromatic carbocycles. The van der Waals surface area contributed by atoms with Gasteiger partial charge in [-0.1, -0.05) is 0 Å². The molecule has 3 heterocycles. The lowest BCUT2D eigenvalue weighted by atomic mass is 10.1. The maximum absolute atomic E-state index is 11.4. The fourth-order valence-corrected chi connectivity index (χ4v) is 3.41. The Labute approximate surface area is 205 Å². The van der Waals surface area contributed by atoms with E-state index in [0.29, 0.717) is 38.9 Å². The number of hydrogen-bond acceptors (Lipinski definition) is 9. The third kappa shape index (κ3) is 8.92. The van der Waals surface area contributed by atoms with Crippen molar-refractivity contribution in [2.45, 2.75) is 57.2 Å². The molecule has 2 atom stereocenters. The van der Waals surface area contributed by atoms with Crippen LogP contribution in [0, 0.1) is 0 Å². The number of rotatable bonds is 16. The molecule has 0 bridgehead atoms. The number of nitrogens with zero attached hydrogens (tertiary/aromatic N) is 2. The summed E-state index contributed by atoms with van der Waals surface area (Å²) >= 11 is 0. The van der Waals surface area contributed by atoms with Crippen LogP contribution in [0.5, 0.6) is 5.75 Å². The van der Waals surface area contributed by atoms with Crippen LogP contribution in [0.2, 0.25) is 0 Å². The van der Waals surface area contributed by atoms with E-state index in [2.05, 4.69) is 9.97 Å². The zero-order chi connectivity index (χ0) is 24.3. The van der Waals surface area contributed by atoms with Crippen LogP contribution in [0.15, 0.2) is 36.7 Å². The molecule has 9 heteroatoms. The number of carbonyl (C=O) groups is 2. The van der Waals surface area contributed by atoms with E-state index in [1.54, 1.807) is 0 Å². The number of unbranched alkanes of at least 4 members (excludes halogenated alkanes) is 4. The largest absolute Gasteiger partial charge is 0.494 e. The zero-order valence-electron chi connectivity index (χ0n) is 19.9. The third-order valence-electron chi connectivity index (χ3n) is 5.67. The summed E-state index contributed by atoms with van der Waals surface area (Å²) in [6.07, 6.45) is 9.44. The molecule has 2 unspecified atom stereocenters. The number of aryl methyl sites for hydroxylation is 1. The van der Waals surface area contributed by atoms with Crippen molar-refractivity contribution in [3.05, 3.63) is 42.2 Å². The second kappa shape index (κ2) is 13.2. The van der Waals surface area contributed by atoms with Gasteiger partial charge in [0.1, 0.15) is 5.75 Å². The molecule has 2 fully saturated rings. The van der Waals surface area contributed by atoms with Gasteiger partial charge in [-0.2, -0.15) is 0 Å². The van der Waals surface area contributed by atoms with Gasteiger partial charge < -0.3 is 23.7 Å². The van der Waals surface area contributed by atoms with Gasteiger partial charge in [0.05, 0.1) is 33.0 Å². The SMILES string of the molecule is O=C(OCCCCCOc1ccc(-c2ncc(CCCCCOC(=O)C3CO3)cn2)cc1)C1CO1. The average molecular weight is 485 g/mol. The Bertz CT molecular complexity index is 941. The Balaban J connectivity index is 1.06. The van der Waals surface area contributed by atoms with E-state index in [1.807, 2.05) is 36.7 Å². The Morgan fingerprint density at radius 1 is 0.771 bits per heavy atom. The monoisotopic (exact) mass is 484 g/mol. The summed E-state index contributed by atoms with van der Waals surface area (Å²) in [5.74, 6) is 0.986. The van der Waals surface area contributed by atoms with E-state index in [0.717, 1.165) is 61.8 Å². The number of ether oxygens (including phenoxy) is 5. The van der Waals surface area contributed by atoms with Gasteiger partial charge in [-0.25, -0.2) is 19.6 Å². The van der Waals surface area contributed by atoms with Crippen molar-refractivity contribution in [2.75, 3.05) is 33.0 Å². The van der Waals surface area contributed by atoms with Crippen LogP contribution in [0.1, 0.15) is 44.1 Å². The van der Waals surface area contributed by atoms with E-state index in [9.17, 15) is 9.59 Å². The van der Waals surface area contributed by atoms with Crippen molar-refractivity contribution in [1.82, 2.24) is 9.97 Å². The molecule has 0 saturated carbocycles. The molecule has 2 saturated heterocycles. The van der Waals surface area contributed by atoms with Crippen LogP contribution in [0.25, 0.3) is 11.4 Å². The fourth-order valence-electron chi connectivity index (χ4n) is 3.41. The minimum atomic E-state index is -0.326. The topological polar surface area (TPSA) is 113 Å². The van der Waals surface area contributed by atoms with Crippen LogP contribution in [-0.2, 0) is 35.0 Å². The van der Waals surface area contributed by atoms with E-state index >= 15 is 0 Å². The van der Waals surface area contributed by atoms with Crippen LogP contribution in [0.4, 0.5) is 0 Å². The standard InChI is InChI=1S/C26H32N2O7/c29-25(22-17-34-22)32-13-4-1-3-7-19-15-27-24(28-16-19)20-8-10-21(11-9-20)31-12-5-2-6-14-33-26(30)23-18-35-23/h8-11,15-16,22-23H,1-7,12-14,17-18H2. The molecule has 2 aliphatic heterocycles. The van der Waals surface area contributed by atoms with Gasteiger partial charge in [0.15, 0.2) is 18.0 Å². The molecule has 188 valence electrons. The zero-order valence-corrected chi connectivity index (χ0v) is 19.9. The van der Waals surface area contributed by atoms with Gasteiger partial charge >= 0.3 is 11.9 Å². The molecular weight excluding hydrogens is 452 g/mol. The lowest BCUT2D eigenvalue weighted by Crippen LogP contribution is -2.12. The van der Waals surface area contributed by atoms with Gasteiger partial charge in [-0.15, -0.1) is 0 Å². The van der Waals surface area contributed by atoms with Gasteiger partial charge in [0.2, 0.25) is 0 Å². The summed E-state index contributed by atoms with van der Waals surface area (Å²) in [6, 6.07) is 7.76. The summed E-state index contributed by atoms with van der Waals surface area (Å²) in [6.45, 7) is 2.47. The number of epoxide rings is 2.